The lowest BCUT2D eigenvalue weighted by Crippen LogP contribution is -2.43. The van der Waals surface area contributed by atoms with Gasteiger partial charge in [-0.3, -0.25) is 4.79 Å². The predicted octanol–water partition coefficient (Wildman–Crippen LogP) is 4.46. The zero-order valence-corrected chi connectivity index (χ0v) is 17.6. The number of hydrogen-bond donors (Lipinski definition) is 0. The number of benzene rings is 1. The summed E-state index contributed by atoms with van der Waals surface area (Å²) in [7, 11) is 0. The number of aromatic nitrogens is 2. The molecule has 0 radical (unpaired) electrons. The minimum Gasteiger partial charge on any atom is -0.492 e. The number of para-hydroxylation sites is 1. The van der Waals surface area contributed by atoms with Crippen molar-refractivity contribution in [1.29, 1.82) is 0 Å². The average molecular weight is 410 g/mol. The van der Waals surface area contributed by atoms with Crippen LogP contribution in [-0.2, 0) is 11.2 Å². The van der Waals surface area contributed by atoms with E-state index in [9.17, 15) is 4.79 Å². The monoisotopic (exact) mass is 409 g/mol. The molecule has 1 amide bonds. The van der Waals surface area contributed by atoms with Gasteiger partial charge in [0.15, 0.2) is 5.82 Å². The van der Waals surface area contributed by atoms with Crippen molar-refractivity contribution >= 4 is 5.91 Å². The third-order valence-electron chi connectivity index (χ3n) is 7.00. The number of carbonyl (C=O) groups excluding carboxylic acids is 1. The second kappa shape index (κ2) is 8.78. The first kappa shape index (κ1) is 19.6. The van der Waals surface area contributed by atoms with Gasteiger partial charge in [0.2, 0.25) is 11.8 Å². The molecule has 0 unspecified atom stereocenters. The summed E-state index contributed by atoms with van der Waals surface area (Å²) >= 11 is 0. The standard InChI is InChI=1S/C24H31N3O3/c28-24(20-16-29-21-12-6-5-11-19(20)21)27-13-7-8-17(15-27)14-22-25-23(26-30-22)18-9-3-1-2-4-10-18/h5-6,11-12,17-18,20H,1-4,7-10,13-16H2/t17-,20+/m0/s1. The zero-order valence-electron chi connectivity index (χ0n) is 17.6. The number of likely N-dealkylation sites (tertiary alicyclic amines) is 1. The van der Waals surface area contributed by atoms with E-state index < -0.39 is 0 Å². The fourth-order valence-corrected chi connectivity index (χ4v) is 5.32. The van der Waals surface area contributed by atoms with Crippen molar-refractivity contribution in [2.45, 2.75) is 69.6 Å². The first-order valence-electron chi connectivity index (χ1n) is 11.6. The summed E-state index contributed by atoms with van der Waals surface area (Å²) in [6, 6.07) is 7.90. The normalized spacial score (nSPS) is 24.9. The maximum atomic E-state index is 13.2. The van der Waals surface area contributed by atoms with Gasteiger partial charge < -0.3 is 14.2 Å². The highest BCUT2D eigenvalue weighted by molar-refractivity contribution is 5.85. The van der Waals surface area contributed by atoms with Crippen LogP contribution in [0.5, 0.6) is 5.75 Å². The molecule has 2 aliphatic heterocycles. The first-order chi connectivity index (χ1) is 14.8. The minimum absolute atomic E-state index is 0.176. The summed E-state index contributed by atoms with van der Waals surface area (Å²) < 4.78 is 11.4. The highest BCUT2D eigenvalue weighted by atomic mass is 16.5. The average Bonchev–Trinajstić information content (AvgIpc) is 3.33. The lowest BCUT2D eigenvalue weighted by Gasteiger charge is -2.33. The van der Waals surface area contributed by atoms with E-state index >= 15 is 0 Å². The Hall–Kier alpha value is -2.37. The van der Waals surface area contributed by atoms with E-state index in [1.807, 2.05) is 29.2 Å². The number of hydrogen-bond acceptors (Lipinski definition) is 5. The Balaban J connectivity index is 1.21. The number of ether oxygens (including phenoxy) is 1. The molecule has 1 aromatic carbocycles. The molecule has 0 N–H and O–H groups in total. The third kappa shape index (κ3) is 4.09. The highest BCUT2D eigenvalue weighted by Gasteiger charge is 2.35. The summed E-state index contributed by atoms with van der Waals surface area (Å²) in [5, 5.41) is 4.31. The number of carbonyl (C=O) groups is 1. The lowest BCUT2D eigenvalue weighted by atomic mass is 9.92. The van der Waals surface area contributed by atoms with Crippen molar-refractivity contribution in [3.8, 4) is 5.75 Å². The Labute approximate surface area is 178 Å². The van der Waals surface area contributed by atoms with Crippen LogP contribution >= 0.6 is 0 Å². The van der Waals surface area contributed by atoms with Crippen LogP contribution in [0.2, 0.25) is 0 Å². The van der Waals surface area contributed by atoms with Crippen molar-refractivity contribution in [3.05, 3.63) is 41.5 Å². The molecular weight excluding hydrogens is 378 g/mol. The largest absolute Gasteiger partial charge is 0.492 e. The van der Waals surface area contributed by atoms with Gasteiger partial charge in [0.25, 0.3) is 0 Å². The van der Waals surface area contributed by atoms with Gasteiger partial charge >= 0.3 is 0 Å². The maximum absolute atomic E-state index is 13.2. The fraction of sp³-hybridized carbons (Fsp3) is 0.625. The molecule has 160 valence electrons. The van der Waals surface area contributed by atoms with E-state index in [1.165, 1.54) is 38.5 Å². The van der Waals surface area contributed by atoms with Gasteiger partial charge in [-0.05, 0) is 37.7 Å². The Morgan fingerprint density at radius 2 is 1.90 bits per heavy atom. The first-order valence-corrected chi connectivity index (χ1v) is 11.6. The van der Waals surface area contributed by atoms with Gasteiger partial charge in [-0.1, -0.05) is 49.0 Å². The van der Waals surface area contributed by atoms with Gasteiger partial charge in [0.1, 0.15) is 18.3 Å². The minimum atomic E-state index is -0.176. The molecule has 30 heavy (non-hydrogen) atoms. The molecule has 0 bridgehead atoms. The van der Waals surface area contributed by atoms with E-state index in [-0.39, 0.29) is 11.8 Å². The SMILES string of the molecule is O=C([C@@H]1COc2ccccc21)N1CCC[C@@H](Cc2nc(C3CCCCCC3)no2)C1. The molecule has 5 rings (SSSR count). The molecular formula is C24H31N3O3. The van der Waals surface area contributed by atoms with Crippen molar-refractivity contribution in [3.63, 3.8) is 0 Å². The van der Waals surface area contributed by atoms with Gasteiger partial charge in [-0.15, -0.1) is 0 Å². The fourth-order valence-electron chi connectivity index (χ4n) is 5.32. The molecule has 6 nitrogen and oxygen atoms in total. The Kier molecular flexibility index (Phi) is 5.73. The van der Waals surface area contributed by atoms with E-state index in [2.05, 4.69) is 5.16 Å². The summed E-state index contributed by atoms with van der Waals surface area (Å²) in [4.78, 5) is 20.0. The molecule has 1 aliphatic carbocycles. The molecule has 2 fully saturated rings. The van der Waals surface area contributed by atoms with Gasteiger partial charge in [-0.2, -0.15) is 4.98 Å². The number of fused-ring (bicyclic) bond motifs is 1. The molecule has 1 saturated carbocycles. The van der Waals surface area contributed by atoms with E-state index in [1.54, 1.807) is 0 Å². The van der Waals surface area contributed by atoms with E-state index in [0.717, 1.165) is 55.4 Å². The van der Waals surface area contributed by atoms with Crippen LogP contribution in [0, 0.1) is 5.92 Å². The molecule has 3 heterocycles. The number of rotatable bonds is 4. The van der Waals surface area contributed by atoms with Crippen molar-refractivity contribution in [2.24, 2.45) is 5.92 Å². The third-order valence-corrected chi connectivity index (χ3v) is 7.00. The Bertz CT molecular complexity index is 872. The van der Waals surface area contributed by atoms with Crippen molar-refractivity contribution in [2.75, 3.05) is 19.7 Å². The van der Waals surface area contributed by atoms with Gasteiger partial charge in [0, 0.05) is 31.0 Å². The second-order valence-electron chi connectivity index (χ2n) is 9.13. The van der Waals surface area contributed by atoms with Gasteiger partial charge in [0.05, 0.1) is 0 Å². The summed E-state index contributed by atoms with van der Waals surface area (Å²) in [5.41, 5.74) is 1.02. The van der Waals surface area contributed by atoms with Crippen LogP contribution in [-0.4, -0.2) is 40.6 Å². The molecule has 2 aromatic rings. The van der Waals surface area contributed by atoms with E-state index in [4.69, 9.17) is 14.2 Å². The highest BCUT2D eigenvalue weighted by Crippen LogP contribution is 2.36. The zero-order chi connectivity index (χ0) is 20.3. The molecule has 2 atom stereocenters. The molecule has 0 spiro atoms. The summed E-state index contributed by atoms with van der Waals surface area (Å²) in [6.45, 7) is 2.04. The Morgan fingerprint density at radius 3 is 2.77 bits per heavy atom. The molecule has 1 saturated heterocycles. The summed E-state index contributed by atoms with van der Waals surface area (Å²) in [5.74, 6) is 3.33. The van der Waals surface area contributed by atoms with Crippen LogP contribution in [0.15, 0.2) is 28.8 Å². The van der Waals surface area contributed by atoms with Crippen LogP contribution in [0.3, 0.4) is 0 Å². The molecule has 6 heteroatoms. The lowest BCUT2D eigenvalue weighted by molar-refractivity contribution is -0.134. The molecule has 1 aromatic heterocycles. The van der Waals surface area contributed by atoms with Crippen molar-refractivity contribution in [1.82, 2.24) is 15.0 Å². The number of piperidine rings is 1. The maximum Gasteiger partial charge on any atom is 0.233 e. The summed E-state index contributed by atoms with van der Waals surface area (Å²) in [6.07, 6.45) is 10.4. The van der Waals surface area contributed by atoms with Crippen molar-refractivity contribution < 1.29 is 14.1 Å². The van der Waals surface area contributed by atoms with Gasteiger partial charge in [-0.25, -0.2) is 0 Å². The predicted molar refractivity (Wildman–Crippen MR) is 112 cm³/mol. The Morgan fingerprint density at radius 1 is 1.07 bits per heavy atom. The number of nitrogens with zero attached hydrogens (tertiary/aromatic N) is 3. The topological polar surface area (TPSA) is 68.5 Å². The number of amides is 1. The van der Waals surface area contributed by atoms with Crippen LogP contribution in [0.25, 0.3) is 0 Å². The van der Waals surface area contributed by atoms with Crippen LogP contribution in [0.4, 0.5) is 0 Å². The second-order valence-corrected chi connectivity index (χ2v) is 9.13. The quantitative estimate of drug-likeness (QED) is 0.697. The smallest absolute Gasteiger partial charge is 0.233 e. The van der Waals surface area contributed by atoms with Crippen LogP contribution < -0.4 is 4.74 Å². The molecule has 3 aliphatic rings. The van der Waals surface area contributed by atoms with E-state index in [0.29, 0.717) is 18.4 Å². The van der Waals surface area contributed by atoms with Crippen LogP contribution in [0.1, 0.15) is 80.5 Å².